The Morgan fingerprint density at radius 2 is 2.16 bits per heavy atom. The van der Waals surface area contributed by atoms with Crippen molar-refractivity contribution in [1.82, 2.24) is 10.6 Å². The van der Waals surface area contributed by atoms with Gasteiger partial charge in [0, 0.05) is 13.0 Å². The molecule has 1 saturated heterocycles. The Kier molecular flexibility index (Phi) is 5.11. The zero-order chi connectivity index (χ0) is 14.5. The number of hydrogen-bond acceptors (Lipinski definition) is 4. The quantitative estimate of drug-likeness (QED) is 0.502. The van der Waals surface area contributed by atoms with Crippen LogP contribution >= 0.6 is 0 Å². The fourth-order valence-corrected chi connectivity index (χ4v) is 1.78. The number of carbonyl (C=O) groups is 3. The standard InChI is InChI=1S/C11H19N3O5/c1-11(4-5-19-6-11)14-10(18)13-7(9(16)17)2-3-8(12)15/h7H,2-6H2,1H3,(H2,12,15)(H,16,17)(H2,13,14,18)/t7-,11?/m0/s1. The Bertz CT molecular complexity index is 365. The van der Waals surface area contributed by atoms with Gasteiger partial charge in [0.2, 0.25) is 5.91 Å². The molecule has 0 aromatic rings. The molecule has 0 saturated carbocycles. The second-order valence-electron chi connectivity index (χ2n) is 4.86. The molecule has 0 bridgehead atoms. The third kappa shape index (κ3) is 5.12. The van der Waals surface area contributed by atoms with Gasteiger partial charge in [0.05, 0.1) is 12.1 Å². The maximum absolute atomic E-state index is 11.7. The van der Waals surface area contributed by atoms with Crippen LogP contribution in [0.15, 0.2) is 0 Å². The molecule has 1 unspecified atom stereocenters. The molecule has 0 aromatic heterocycles. The molecule has 5 N–H and O–H groups in total. The predicted octanol–water partition coefficient (Wildman–Crippen LogP) is -0.817. The summed E-state index contributed by atoms with van der Waals surface area (Å²) >= 11 is 0. The van der Waals surface area contributed by atoms with Crippen LogP contribution in [0.2, 0.25) is 0 Å². The molecule has 1 aliphatic rings. The van der Waals surface area contributed by atoms with Gasteiger partial charge in [-0.05, 0) is 19.8 Å². The first-order valence-electron chi connectivity index (χ1n) is 6.00. The van der Waals surface area contributed by atoms with Crippen LogP contribution < -0.4 is 16.4 Å². The summed E-state index contributed by atoms with van der Waals surface area (Å²) in [5.74, 6) is -1.81. The van der Waals surface area contributed by atoms with E-state index in [9.17, 15) is 14.4 Å². The van der Waals surface area contributed by atoms with E-state index in [2.05, 4.69) is 10.6 Å². The first-order chi connectivity index (χ1) is 8.82. The minimum Gasteiger partial charge on any atom is -0.480 e. The number of rotatable bonds is 6. The number of aliphatic carboxylic acids is 1. The van der Waals surface area contributed by atoms with Gasteiger partial charge in [0.1, 0.15) is 6.04 Å². The van der Waals surface area contributed by atoms with Gasteiger partial charge in [0.25, 0.3) is 0 Å². The number of nitrogens with two attached hydrogens (primary N) is 1. The molecule has 1 heterocycles. The summed E-state index contributed by atoms with van der Waals surface area (Å²) in [6, 6.07) is -1.73. The minimum atomic E-state index is -1.20. The molecule has 3 amide bonds. The zero-order valence-electron chi connectivity index (χ0n) is 10.8. The average molecular weight is 273 g/mol. The molecule has 19 heavy (non-hydrogen) atoms. The van der Waals surface area contributed by atoms with E-state index in [0.29, 0.717) is 19.6 Å². The summed E-state index contributed by atoms with van der Waals surface area (Å²) < 4.78 is 5.17. The number of ether oxygens (including phenoxy) is 1. The fraction of sp³-hybridized carbons (Fsp3) is 0.727. The molecule has 8 heteroatoms. The van der Waals surface area contributed by atoms with Crippen LogP contribution in [0.4, 0.5) is 4.79 Å². The fourth-order valence-electron chi connectivity index (χ4n) is 1.78. The van der Waals surface area contributed by atoms with Crippen molar-refractivity contribution < 1.29 is 24.2 Å². The van der Waals surface area contributed by atoms with Gasteiger partial charge in [-0.25, -0.2) is 9.59 Å². The van der Waals surface area contributed by atoms with Crippen molar-refractivity contribution >= 4 is 17.9 Å². The van der Waals surface area contributed by atoms with E-state index in [0.717, 1.165) is 0 Å². The first kappa shape index (κ1) is 15.2. The van der Waals surface area contributed by atoms with E-state index in [1.807, 2.05) is 6.92 Å². The van der Waals surface area contributed by atoms with Crippen LogP contribution in [0, 0.1) is 0 Å². The van der Waals surface area contributed by atoms with Gasteiger partial charge in [-0.2, -0.15) is 0 Å². The molecule has 1 rings (SSSR count). The van der Waals surface area contributed by atoms with Crippen LogP contribution in [-0.2, 0) is 14.3 Å². The SMILES string of the molecule is CC1(NC(=O)N[C@@H](CCC(N)=O)C(=O)O)CCOC1. The Hall–Kier alpha value is -1.83. The molecule has 0 aromatic carbocycles. The van der Waals surface area contributed by atoms with Crippen LogP contribution in [0.25, 0.3) is 0 Å². The Morgan fingerprint density at radius 3 is 2.63 bits per heavy atom. The van der Waals surface area contributed by atoms with Crippen molar-refractivity contribution in [3.63, 3.8) is 0 Å². The third-order valence-electron chi connectivity index (χ3n) is 2.92. The normalized spacial score (nSPS) is 23.6. The average Bonchev–Trinajstić information content (AvgIpc) is 2.70. The van der Waals surface area contributed by atoms with Crippen molar-refractivity contribution in [2.24, 2.45) is 5.73 Å². The number of nitrogens with one attached hydrogen (secondary N) is 2. The van der Waals surface area contributed by atoms with E-state index in [1.165, 1.54) is 0 Å². The highest BCUT2D eigenvalue weighted by Gasteiger charge is 2.32. The summed E-state index contributed by atoms with van der Waals surface area (Å²) in [4.78, 5) is 33.3. The molecular weight excluding hydrogens is 254 g/mol. The van der Waals surface area contributed by atoms with Gasteiger partial charge in [0.15, 0.2) is 0 Å². The molecule has 108 valence electrons. The van der Waals surface area contributed by atoms with Crippen molar-refractivity contribution in [1.29, 1.82) is 0 Å². The highest BCUT2D eigenvalue weighted by Crippen LogP contribution is 2.17. The van der Waals surface area contributed by atoms with Crippen LogP contribution in [0.3, 0.4) is 0 Å². The van der Waals surface area contributed by atoms with Gasteiger partial charge in [-0.1, -0.05) is 0 Å². The Balaban J connectivity index is 2.46. The van der Waals surface area contributed by atoms with E-state index in [4.69, 9.17) is 15.6 Å². The number of amides is 3. The van der Waals surface area contributed by atoms with E-state index in [-0.39, 0.29) is 12.8 Å². The maximum Gasteiger partial charge on any atom is 0.326 e. The van der Waals surface area contributed by atoms with E-state index >= 15 is 0 Å². The predicted molar refractivity (Wildman–Crippen MR) is 65.4 cm³/mol. The summed E-state index contributed by atoms with van der Waals surface area (Å²) in [5, 5.41) is 13.9. The van der Waals surface area contributed by atoms with E-state index < -0.39 is 29.5 Å². The first-order valence-corrected chi connectivity index (χ1v) is 6.00. The van der Waals surface area contributed by atoms with Gasteiger partial charge >= 0.3 is 12.0 Å². The second kappa shape index (κ2) is 6.37. The number of primary amides is 1. The van der Waals surface area contributed by atoms with Gasteiger partial charge in [-0.3, -0.25) is 4.79 Å². The van der Waals surface area contributed by atoms with Crippen LogP contribution in [0.1, 0.15) is 26.2 Å². The van der Waals surface area contributed by atoms with Crippen molar-refractivity contribution in [2.75, 3.05) is 13.2 Å². The number of carboxylic acid groups (broad SMARTS) is 1. The Morgan fingerprint density at radius 1 is 1.47 bits per heavy atom. The molecular formula is C11H19N3O5. The molecule has 1 fully saturated rings. The summed E-state index contributed by atoms with van der Waals surface area (Å²) in [7, 11) is 0. The summed E-state index contributed by atoms with van der Waals surface area (Å²) in [6.07, 6.45) is 0.530. The smallest absolute Gasteiger partial charge is 0.326 e. The van der Waals surface area contributed by atoms with Crippen molar-refractivity contribution in [2.45, 2.75) is 37.8 Å². The lowest BCUT2D eigenvalue weighted by atomic mass is 10.0. The van der Waals surface area contributed by atoms with Gasteiger partial charge in [-0.15, -0.1) is 0 Å². The molecule has 0 spiro atoms. The largest absolute Gasteiger partial charge is 0.480 e. The molecule has 8 nitrogen and oxygen atoms in total. The van der Waals surface area contributed by atoms with Crippen LogP contribution in [-0.4, -0.2) is 47.8 Å². The lowest BCUT2D eigenvalue weighted by molar-refractivity contribution is -0.139. The summed E-state index contributed by atoms with van der Waals surface area (Å²) in [6.45, 7) is 2.76. The number of carbonyl (C=O) groups excluding carboxylic acids is 2. The highest BCUT2D eigenvalue weighted by atomic mass is 16.5. The number of hydrogen-bond donors (Lipinski definition) is 4. The number of carboxylic acids is 1. The molecule has 0 aliphatic carbocycles. The van der Waals surface area contributed by atoms with E-state index in [1.54, 1.807) is 0 Å². The number of urea groups is 1. The second-order valence-corrected chi connectivity index (χ2v) is 4.86. The lowest BCUT2D eigenvalue weighted by Gasteiger charge is -2.25. The maximum atomic E-state index is 11.7. The monoisotopic (exact) mass is 273 g/mol. The summed E-state index contributed by atoms with van der Waals surface area (Å²) in [5.41, 5.74) is 4.46. The molecule has 1 aliphatic heterocycles. The van der Waals surface area contributed by atoms with Crippen molar-refractivity contribution in [3.8, 4) is 0 Å². The van der Waals surface area contributed by atoms with Crippen molar-refractivity contribution in [3.05, 3.63) is 0 Å². The Labute approximate surface area is 110 Å². The molecule has 2 atom stereocenters. The van der Waals surface area contributed by atoms with Crippen LogP contribution in [0.5, 0.6) is 0 Å². The molecule has 0 radical (unpaired) electrons. The lowest BCUT2D eigenvalue weighted by Crippen LogP contribution is -2.54. The third-order valence-corrected chi connectivity index (χ3v) is 2.92. The highest BCUT2D eigenvalue weighted by molar-refractivity contribution is 5.83. The van der Waals surface area contributed by atoms with Gasteiger partial charge < -0.3 is 26.2 Å². The zero-order valence-corrected chi connectivity index (χ0v) is 10.8. The minimum absolute atomic E-state index is 0.0364. The topological polar surface area (TPSA) is 131 Å².